The number of hydrogen-bond donors (Lipinski definition) is 1. The molecule has 37 heavy (non-hydrogen) atoms. The minimum atomic E-state index is -4.71. The summed E-state index contributed by atoms with van der Waals surface area (Å²) in [6.45, 7) is -0.0961. The molecule has 0 bridgehead atoms. The molecule has 1 fully saturated rings. The molecule has 0 aliphatic carbocycles. The lowest BCUT2D eigenvalue weighted by atomic mass is 9.92. The maximum Gasteiger partial charge on any atom is 0.417 e. The van der Waals surface area contributed by atoms with Crippen LogP contribution in [0.4, 0.5) is 18.0 Å². The zero-order valence-electron chi connectivity index (χ0n) is 19.6. The summed E-state index contributed by atoms with van der Waals surface area (Å²) in [6, 6.07) is 8.04. The van der Waals surface area contributed by atoms with Crippen molar-refractivity contribution in [2.45, 2.75) is 18.6 Å². The van der Waals surface area contributed by atoms with Crippen LogP contribution >= 0.6 is 0 Å². The van der Waals surface area contributed by atoms with E-state index in [2.05, 4.69) is 10.8 Å². The van der Waals surface area contributed by atoms with Gasteiger partial charge in [-0.2, -0.15) is 18.1 Å². The zero-order chi connectivity index (χ0) is 26.7. The van der Waals surface area contributed by atoms with E-state index < -0.39 is 35.8 Å². The SMILES string of the molecule is COC(=O)N1CCN(C(=O)/C=C/c2cc[c]c(C(F)(F)F)c2-c2ccc3c(c2)CCOO3)CC1C(=O)O. The third-order valence-corrected chi connectivity index (χ3v) is 6.06. The van der Waals surface area contributed by atoms with Gasteiger partial charge in [-0.15, -0.1) is 0 Å². The van der Waals surface area contributed by atoms with Gasteiger partial charge >= 0.3 is 18.2 Å². The maximum atomic E-state index is 13.9. The van der Waals surface area contributed by atoms with E-state index in [1.165, 1.54) is 29.2 Å². The van der Waals surface area contributed by atoms with E-state index in [0.29, 0.717) is 17.7 Å². The number of ether oxygens (including phenoxy) is 1. The van der Waals surface area contributed by atoms with E-state index >= 15 is 0 Å². The van der Waals surface area contributed by atoms with E-state index in [0.717, 1.165) is 24.2 Å². The summed E-state index contributed by atoms with van der Waals surface area (Å²) in [6.07, 6.45) is -2.75. The summed E-state index contributed by atoms with van der Waals surface area (Å²) in [4.78, 5) is 48.5. The number of amides is 2. The normalized spacial score (nSPS) is 17.8. The van der Waals surface area contributed by atoms with Crippen molar-refractivity contribution in [1.29, 1.82) is 0 Å². The number of hydrogen-bond acceptors (Lipinski definition) is 6. The number of halogens is 3. The van der Waals surface area contributed by atoms with Gasteiger partial charge in [0.2, 0.25) is 5.91 Å². The number of carboxylic acids is 1. The largest absolute Gasteiger partial charge is 0.480 e. The zero-order valence-corrected chi connectivity index (χ0v) is 19.6. The molecule has 12 heteroatoms. The second-order valence-corrected chi connectivity index (χ2v) is 8.29. The summed E-state index contributed by atoms with van der Waals surface area (Å²) >= 11 is 0. The van der Waals surface area contributed by atoms with E-state index in [9.17, 15) is 32.7 Å². The Labute approximate surface area is 209 Å². The van der Waals surface area contributed by atoms with Gasteiger partial charge in [0.1, 0.15) is 0 Å². The molecule has 2 amide bonds. The molecule has 1 N–H and O–H groups in total. The number of rotatable bonds is 4. The van der Waals surface area contributed by atoms with Crippen LogP contribution in [-0.2, 0) is 31.8 Å². The molecule has 1 radical (unpaired) electrons. The number of carbonyl (C=O) groups is 3. The molecule has 4 rings (SSSR count). The third kappa shape index (κ3) is 5.53. The molecule has 0 spiro atoms. The van der Waals surface area contributed by atoms with Gasteiger partial charge in [-0.25, -0.2) is 9.59 Å². The fourth-order valence-corrected chi connectivity index (χ4v) is 4.25. The Morgan fingerprint density at radius 3 is 2.70 bits per heavy atom. The first kappa shape index (κ1) is 26.0. The van der Waals surface area contributed by atoms with Crippen molar-refractivity contribution in [3.63, 3.8) is 0 Å². The predicted octanol–water partition coefficient (Wildman–Crippen LogP) is 3.42. The minimum Gasteiger partial charge on any atom is -0.480 e. The van der Waals surface area contributed by atoms with Crippen molar-refractivity contribution < 1.29 is 47.2 Å². The molecule has 1 atom stereocenters. The Morgan fingerprint density at radius 1 is 1.22 bits per heavy atom. The monoisotopic (exact) mass is 519 g/mol. The molecular formula is C25H22F3N2O7. The number of methoxy groups -OCH3 is 1. The third-order valence-electron chi connectivity index (χ3n) is 6.06. The minimum absolute atomic E-state index is 0.0260. The highest BCUT2D eigenvalue weighted by molar-refractivity contribution is 5.94. The Bertz CT molecular complexity index is 1250. The molecule has 195 valence electrons. The molecule has 2 aliphatic heterocycles. The van der Waals surface area contributed by atoms with Crippen LogP contribution in [-0.4, -0.2) is 72.3 Å². The Kier molecular flexibility index (Phi) is 7.39. The van der Waals surface area contributed by atoms with E-state index in [4.69, 9.17) is 9.78 Å². The van der Waals surface area contributed by atoms with E-state index in [-0.39, 0.29) is 42.9 Å². The van der Waals surface area contributed by atoms with Crippen LogP contribution in [0.5, 0.6) is 5.75 Å². The fraction of sp³-hybridized carbons (Fsp3) is 0.320. The van der Waals surface area contributed by atoms with Crippen LogP contribution in [0.25, 0.3) is 17.2 Å². The van der Waals surface area contributed by atoms with E-state index in [1.54, 1.807) is 6.07 Å². The number of nitrogens with zero attached hydrogens (tertiary/aromatic N) is 2. The Morgan fingerprint density at radius 2 is 2.00 bits per heavy atom. The average molecular weight is 519 g/mol. The topological polar surface area (TPSA) is 106 Å². The highest BCUT2D eigenvalue weighted by Gasteiger charge is 2.37. The molecule has 2 aromatic carbocycles. The van der Waals surface area contributed by atoms with Gasteiger partial charge in [0.05, 0.1) is 25.8 Å². The van der Waals surface area contributed by atoms with Gasteiger partial charge in [-0.3, -0.25) is 9.69 Å². The van der Waals surface area contributed by atoms with Gasteiger partial charge in [0, 0.05) is 36.7 Å². The number of alkyl halides is 3. The van der Waals surface area contributed by atoms with Crippen LogP contribution in [0, 0.1) is 6.07 Å². The van der Waals surface area contributed by atoms with Crippen LogP contribution in [0.2, 0.25) is 0 Å². The van der Waals surface area contributed by atoms with Crippen molar-refractivity contribution in [2.24, 2.45) is 0 Å². The summed E-state index contributed by atoms with van der Waals surface area (Å²) in [5, 5.41) is 9.48. The predicted molar refractivity (Wildman–Crippen MR) is 122 cm³/mol. The number of carbonyl (C=O) groups excluding carboxylic acids is 2. The van der Waals surface area contributed by atoms with Crippen molar-refractivity contribution >= 4 is 24.0 Å². The summed E-state index contributed by atoms with van der Waals surface area (Å²) in [7, 11) is 1.12. The lowest BCUT2D eigenvalue weighted by molar-refractivity contribution is -0.215. The van der Waals surface area contributed by atoms with Gasteiger partial charge in [0.15, 0.2) is 11.8 Å². The Balaban J connectivity index is 1.64. The number of carboxylic acid groups (broad SMARTS) is 1. The lowest BCUT2D eigenvalue weighted by Crippen LogP contribution is -2.59. The van der Waals surface area contributed by atoms with Crippen LogP contribution in [0.3, 0.4) is 0 Å². The molecular weight excluding hydrogens is 497 g/mol. The first-order chi connectivity index (χ1) is 17.6. The molecule has 2 aliphatic rings. The van der Waals surface area contributed by atoms with E-state index in [1.807, 2.05) is 0 Å². The van der Waals surface area contributed by atoms with Crippen LogP contribution < -0.4 is 4.89 Å². The highest BCUT2D eigenvalue weighted by Crippen LogP contribution is 2.40. The number of piperazine rings is 1. The van der Waals surface area contributed by atoms with Gasteiger partial charge in [-0.05, 0) is 35.4 Å². The second kappa shape index (κ2) is 10.5. The summed E-state index contributed by atoms with van der Waals surface area (Å²) < 4.78 is 46.4. The standard InChI is InChI=1S/C25H22F3N2O7/c1-35-24(34)30-11-10-29(14-19(30)23(32)33)21(31)8-6-15-3-2-4-18(25(26,27)28)22(15)17-5-7-20-16(13-17)9-12-36-37-20/h2-3,5-8,13,19H,9-12,14H2,1H3,(H,32,33)/b8-6+. The average Bonchev–Trinajstić information content (AvgIpc) is 2.89. The molecule has 0 saturated carbocycles. The van der Waals surface area contributed by atoms with Gasteiger partial charge in [0.25, 0.3) is 0 Å². The van der Waals surface area contributed by atoms with Crippen molar-refractivity contribution in [3.05, 3.63) is 59.2 Å². The molecule has 2 aromatic rings. The van der Waals surface area contributed by atoms with Crippen LogP contribution in [0.1, 0.15) is 16.7 Å². The first-order valence-electron chi connectivity index (χ1n) is 11.2. The number of aliphatic carboxylic acids is 1. The molecule has 2 heterocycles. The van der Waals surface area contributed by atoms with Crippen LogP contribution in [0.15, 0.2) is 36.4 Å². The molecule has 1 unspecified atom stereocenters. The quantitative estimate of drug-likeness (QED) is 0.488. The molecule has 9 nitrogen and oxygen atoms in total. The summed E-state index contributed by atoms with van der Waals surface area (Å²) in [5.41, 5.74) is -0.0941. The number of fused-ring (bicyclic) bond motifs is 1. The second-order valence-electron chi connectivity index (χ2n) is 8.29. The smallest absolute Gasteiger partial charge is 0.417 e. The first-order valence-corrected chi connectivity index (χ1v) is 11.2. The maximum absolute atomic E-state index is 13.9. The van der Waals surface area contributed by atoms with Crippen molar-refractivity contribution in [2.75, 3.05) is 33.4 Å². The fourth-order valence-electron chi connectivity index (χ4n) is 4.25. The Hall–Kier alpha value is -4.06. The van der Waals surface area contributed by atoms with Crippen molar-refractivity contribution in [3.8, 4) is 16.9 Å². The summed E-state index contributed by atoms with van der Waals surface area (Å²) in [5.74, 6) is -1.52. The van der Waals surface area contributed by atoms with Gasteiger partial charge in [-0.1, -0.05) is 18.2 Å². The molecule has 0 aromatic heterocycles. The number of benzene rings is 2. The lowest BCUT2D eigenvalue weighted by Gasteiger charge is -2.37. The molecule has 1 saturated heterocycles. The van der Waals surface area contributed by atoms with Crippen molar-refractivity contribution in [1.82, 2.24) is 9.80 Å². The van der Waals surface area contributed by atoms with Gasteiger partial charge < -0.3 is 19.6 Å². The highest BCUT2D eigenvalue weighted by atomic mass is 19.4.